The van der Waals surface area contributed by atoms with E-state index in [2.05, 4.69) is 28.7 Å². The summed E-state index contributed by atoms with van der Waals surface area (Å²) >= 11 is 1.68. The summed E-state index contributed by atoms with van der Waals surface area (Å²) in [6.45, 7) is 2.12. The Labute approximate surface area is 115 Å². The molecule has 1 aromatic carbocycles. The van der Waals surface area contributed by atoms with Gasteiger partial charge in [-0.3, -0.25) is 0 Å². The second kappa shape index (κ2) is 4.59. The minimum absolute atomic E-state index is 0.156. The third-order valence-corrected chi connectivity index (χ3v) is 4.04. The summed E-state index contributed by atoms with van der Waals surface area (Å²) in [5, 5.41) is 4.21. The minimum atomic E-state index is 0.156. The summed E-state index contributed by atoms with van der Waals surface area (Å²) in [6, 6.07) is 8.14. The molecule has 2 heterocycles. The lowest BCUT2D eigenvalue weighted by atomic mass is 10.1. The van der Waals surface area contributed by atoms with Gasteiger partial charge in [-0.05, 0) is 41.4 Å². The normalized spacial score (nSPS) is 12.7. The van der Waals surface area contributed by atoms with Crippen LogP contribution in [0.2, 0.25) is 0 Å². The zero-order valence-corrected chi connectivity index (χ0v) is 11.6. The molecule has 0 aliphatic rings. The lowest BCUT2D eigenvalue weighted by molar-refractivity contribution is 0.419. The number of anilines is 1. The van der Waals surface area contributed by atoms with Crippen LogP contribution in [-0.4, -0.2) is 16.7 Å². The van der Waals surface area contributed by atoms with E-state index in [0.717, 1.165) is 16.8 Å². The van der Waals surface area contributed by atoms with Gasteiger partial charge in [0.15, 0.2) is 0 Å². The number of benzene rings is 1. The fourth-order valence-electron chi connectivity index (χ4n) is 2.34. The molecule has 0 aliphatic carbocycles. The van der Waals surface area contributed by atoms with Crippen molar-refractivity contribution in [3.8, 4) is 5.75 Å². The summed E-state index contributed by atoms with van der Waals surface area (Å²) in [7, 11) is 1.65. The monoisotopic (exact) mass is 273 g/mol. The zero-order chi connectivity index (χ0) is 13.4. The molecule has 5 heteroatoms. The van der Waals surface area contributed by atoms with Crippen molar-refractivity contribution in [2.24, 2.45) is 0 Å². The fraction of sp³-hybridized carbons (Fsp3) is 0.214. The molecule has 0 aliphatic heterocycles. The van der Waals surface area contributed by atoms with E-state index in [1.54, 1.807) is 18.4 Å². The third-order valence-electron chi connectivity index (χ3n) is 3.34. The Morgan fingerprint density at radius 3 is 2.89 bits per heavy atom. The van der Waals surface area contributed by atoms with Crippen LogP contribution in [0.15, 0.2) is 35.0 Å². The molecule has 1 unspecified atom stereocenters. The summed E-state index contributed by atoms with van der Waals surface area (Å²) in [4.78, 5) is 4.43. The van der Waals surface area contributed by atoms with Crippen molar-refractivity contribution in [1.82, 2.24) is 9.55 Å². The van der Waals surface area contributed by atoms with Gasteiger partial charge in [0.05, 0.1) is 18.7 Å². The Kier molecular flexibility index (Phi) is 2.91. The van der Waals surface area contributed by atoms with E-state index in [1.807, 2.05) is 22.8 Å². The van der Waals surface area contributed by atoms with Crippen molar-refractivity contribution in [2.75, 3.05) is 12.8 Å². The molecule has 0 bridgehead atoms. The van der Waals surface area contributed by atoms with E-state index in [1.165, 1.54) is 5.56 Å². The molecule has 2 N–H and O–H groups in total. The van der Waals surface area contributed by atoms with Crippen LogP contribution in [-0.2, 0) is 0 Å². The molecule has 98 valence electrons. The molecule has 4 nitrogen and oxygen atoms in total. The summed E-state index contributed by atoms with van der Waals surface area (Å²) in [5.41, 5.74) is 9.12. The van der Waals surface area contributed by atoms with Gasteiger partial charge in [0.25, 0.3) is 0 Å². The summed E-state index contributed by atoms with van der Waals surface area (Å²) in [5.74, 6) is 1.26. The number of rotatable bonds is 3. The predicted octanol–water partition coefficient (Wildman–Crippen LogP) is 3.30. The highest BCUT2D eigenvalue weighted by Gasteiger charge is 2.17. The maximum absolute atomic E-state index is 6.08. The Bertz CT molecular complexity index is 703. The van der Waals surface area contributed by atoms with E-state index in [4.69, 9.17) is 10.5 Å². The molecule has 0 saturated carbocycles. The van der Waals surface area contributed by atoms with Crippen molar-refractivity contribution in [1.29, 1.82) is 0 Å². The van der Waals surface area contributed by atoms with Crippen LogP contribution in [0.5, 0.6) is 5.75 Å². The molecule has 1 atom stereocenters. The predicted molar refractivity (Wildman–Crippen MR) is 78.8 cm³/mol. The molecule has 0 spiro atoms. The average Bonchev–Trinajstić information content (AvgIpc) is 3.04. The van der Waals surface area contributed by atoms with E-state index >= 15 is 0 Å². The van der Waals surface area contributed by atoms with Crippen LogP contribution in [0.25, 0.3) is 11.0 Å². The highest BCUT2D eigenvalue weighted by molar-refractivity contribution is 7.07. The zero-order valence-electron chi connectivity index (χ0n) is 10.8. The molecule has 0 fully saturated rings. The Balaban J connectivity index is 2.21. The van der Waals surface area contributed by atoms with E-state index in [9.17, 15) is 0 Å². The first-order valence-electron chi connectivity index (χ1n) is 6.05. The van der Waals surface area contributed by atoms with Crippen LogP contribution in [0.1, 0.15) is 18.5 Å². The number of hydrogen-bond donors (Lipinski definition) is 1. The number of para-hydroxylation sites is 1. The molecular weight excluding hydrogens is 258 g/mol. The molecule has 19 heavy (non-hydrogen) atoms. The number of imidazole rings is 1. The van der Waals surface area contributed by atoms with Crippen molar-refractivity contribution in [3.05, 3.63) is 40.6 Å². The number of aromatic nitrogens is 2. The molecular formula is C14H15N3OS. The lowest BCUT2D eigenvalue weighted by Crippen LogP contribution is -2.09. The average molecular weight is 273 g/mol. The van der Waals surface area contributed by atoms with E-state index < -0.39 is 0 Å². The second-order valence-corrected chi connectivity index (χ2v) is 5.18. The second-order valence-electron chi connectivity index (χ2n) is 4.40. The van der Waals surface area contributed by atoms with Crippen LogP contribution >= 0.6 is 11.3 Å². The summed E-state index contributed by atoms with van der Waals surface area (Å²) < 4.78 is 7.38. The highest BCUT2D eigenvalue weighted by atomic mass is 32.1. The fourth-order valence-corrected chi connectivity index (χ4v) is 3.09. The largest absolute Gasteiger partial charge is 0.494 e. The molecule has 3 aromatic rings. The van der Waals surface area contributed by atoms with Crippen molar-refractivity contribution < 1.29 is 4.74 Å². The van der Waals surface area contributed by atoms with Gasteiger partial charge in [-0.15, -0.1) is 0 Å². The summed E-state index contributed by atoms with van der Waals surface area (Å²) in [6.07, 6.45) is 0. The van der Waals surface area contributed by atoms with Crippen LogP contribution in [0.4, 0.5) is 5.95 Å². The first-order chi connectivity index (χ1) is 9.22. The van der Waals surface area contributed by atoms with Gasteiger partial charge in [-0.2, -0.15) is 11.3 Å². The molecule has 2 aromatic heterocycles. The van der Waals surface area contributed by atoms with Gasteiger partial charge in [-0.25, -0.2) is 4.98 Å². The van der Waals surface area contributed by atoms with E-state index in [-0.39, 0.29) is 6.04 Å². The smallest absolute Gasteiger partial charge is 0.201 e. The quantitative estimate of drug-likeness (QED) is 0.796. The van der Waals surface area contributed by atoms with E-state index in [0.29, 0.717) is 5.95 Å². The van der Waals surface area contributed by atoms with Crippen LogP contribution in [0.3, 0.4) is 0 Å². The number of nitrogens with zero attached hydrogens (tertiary/aromatic N) is 2. The molecule has 3 rings (SSSR count). The van der Waals surface area contributed by atoms with Crippen molar-refractivity contribution >= 4 is 28.3 Å². The first-order valence-corrected chi connectivity index (χ1v) is 6.99. The standard InChI is InChI=1S/C14H15N3OS/c1-9(10-6-7-19-8-10)17-11-4-3-5-12(18-2)13(11)16-14(17)15/h3-9H,1-2H3,(H2,15,16). The van der Waals surface area contributed by atoms with Crippen molar-refractivity contribution in [3.63, 3.8) is 0 Å². The molecule has 0 saturated heterocycles. The Hall–Kier alpha value is -2.01. The van der Waals surface area contributed by atoms with Gasteiger partial charge < -0.3 is 15.0 Å². The number of nitrogens with two attached hydrogens (primary N) is 1. The maximum atomic E-state index is 6.08. The van der Waals surface area contributed by atoms with Crippen LogP contribution < -0.4 is 10.5 Å². The van der Waals surface area contributed by atoms with Gasteiger partial charge >= 0.3 is 0 Å². The number of ether oxygens (including phenoxy) is 1. The SMILES string of the molecule is COc1cccc2c1nc(N)n2C(C)c1ccsc1. The van der Waals surface area contributed by atoms with Crippen molar-refractivity contribution in [2.45, 2.75) is 13.0 Å². The van der Waals surface area contributed by atoms with Gasteiger partial charge in [0.2, 0.25) is 5.95 Å². The van der Waals surface area contributed by atoms with Gasteiger partial charge in [-0.1, -0.05) is 6.07 Å². The number of methoxy groups -OCH3 is 1. The highest BCUT2D eigenvalue weighted by Crippen LogP contribution is 2.32. The minimum Gasteiger partial charge on any atom is -0.494 e. The Morgan fingerprint density at radius 1 is 1.37 bits per heavy atom. The third kappa shape index (κ3) is 1.86. The maximum Gasteiger partial charge on any atom is 0.201 e. The van der Waals surface area contributed by atoms with Gasteiger partial charge in [0.1, 0.15) is 11.3 Å². The molecule has 0 radical (unpaired) electrons. The Morgan fingerprint density at radius 2 is 2.21 bits per heavy atom. The number of hydrogen-bond acceptors (Lipinski definition) is 4. The lowest BCUT2D eigenvalue weighted by Gasteiger charge is -2.14. The number of thiophene rings is 1. The van der Waals surface area contributed by atoms with Crippen LogP contribution in [0, 0.1) is 0 Å². The topological polar surface area (TPSA) is 53.1 Å². The van der Waals surface area contributed by atoms with Gasteiger partial charge in [0, 0.05) is 0 Å². The molecule has 0 amide bonds. The first kappa shape index (κ1) is 12.0. The number of fused-ring (bicyclic) bond motifs is 1. The number of nitrogen functional groups attached to an aromatic ring is 1.